The van der Waals surface area contributed by atoms with Crippen LogP contribution in [-0.2, 0) is 14.3 Å². The standard InChI is InChI=1S/C23H28FN7O3/c1-23(21(32)26-10-11-31(2)3)12-33-20(34-13-23)19-29-17(14-4-6-15(24)7-5-14)18(30-19)16-8-9-27-22(25)28-16/h4-9,20H,10-13H2,1-3H3,(H,26,32)(H,29,30)(H2,25,27,28). The van der Waals surface area contributed by atoms with Crippen LogP contribution in [0.5, 0.6) is 0 Å². The number of rotatable bonds is 7. The Hall–Kier alpha value is -3.41. The van der Waals surface area contributed by atoms with E-state index in [4.69, 9.17) is 15.2 Å². The molecule has 4 N–H and O–H groups in total. The second kappa shape index (κ2) is 9.84. The largest absolute Gasteiger partial charge is 0.368 e. The van der Waals surface area contributed by atoms with Gasteiger partial charge in [0.2, 0.25) is 18.1 Å². The summed E-state index contributed by atoms with van der Waals surface area (Å²) in [5.41, 5.74) is 7.25. The van der Waals surface area contributed by atoms with Crippen molar-refractivity contribution in [1.82, 2.24) is 30.2 Å². The van der Waals surface area contributed by atoms with Crippen LogP contribution >= 0.6 is 0 Å². The van der Waals surface area contributed by atoms with Gasteiger partial charge in [0.25, 0.3) is 0 Å². The van der Waals surface area contributed by atoms with Crippen LogP contribution in [-0.4, -0.2) is 71.1 Å². The first-order valence-electron chi connectivity index (χ1n) is 10.9. The van der Waals surface area contributed by atoms with Crippen molar-refractivity contribution >= 4 is 11.9 Å². The van der Waals surface area contributed by atoms with Crippen LogP contribution in [0.15, 0.2) is 36.5 Å². The van der Waals surface area contributed by atoms with Gasteiger partial charge in [-0.1, -0.05) is 0 Å². The molecule has 1 aliphatic rings. The molecule has 1 fully saturated rings. The maximum absolute atomic E-state index is 13.5. The molecule has 3 aromatic rings. The Bertz CT molecular complexity index is 1140. The van der Waals surface area contributed by atoms with Crippen molar-refractivity contribution in [1.29, 1.82) is 0 Å². The zero-order valence-electron chi connectivity index (χ0n) is 19.3. The summed E-state index contributed by atoms with van der Waals surface area (Å²) in [7, 11) is 3.89. The Morgan fingerprint density at radius 2 is 1.94 bits per heavy atom. The van der Waals surface area contributed by atoms with Crippen molar-refractivity contribution in [3.05, 3.63) is 48.2 Å². The number of hydrogen-bond acceptors (Lipinski definition) is 8. The normalized spacial score (nSPS) is 20.4. The topological polar surface area (TPSA) is 131 Å². The minimum absolute atomic E-state index is 0.111. The van der Waals surface area contributed by atoms with E-state index >= 15 is 0 Å². The van der Waals surface area contributed by atoms with Gasteiger partial charge in [0, 0.05) is 24.8 Å². The lowest BCUT2D eigenvalue weighted by molar-refractivity contribution is -0.231. The van der Waals surface area contributed by atoms with E-state index in [9.17, 15) is 9.18 Å². The van der Waals surface area contributed by atoms with Crippen LogP contribution in [0.2, 0.25) is 0 Å². The lowest BCUT2D eigenvalue weighted by Crippen LogP contribution is -2.49. The lowest BCUT2D eigenvalue weighted by atomic mass is 9.91. The molecule has 1 amide bonds. The number of H-pyrrole nitrogens is 1. The number of hydrogen-bond donors (Lipinski definition) is 3. The molecule has 0 unspecified atom stereocenters. The van der Waals surface area contributed by atoms with Gasteiger partial charge in [-0.25, -0.2) is 19.3 Å². The molecule has 4 rings (SSSR count). The molecule has 1 aromatic carbocycles. The van der Waals surface area contributed by atoms with Gasteiger partial charge in [0.15, 0.2) is 5.82 Å². The molecule has 1 saturated heterocycles. The van der Waals surface area contributed by atoms with Crippen LogP contribution in [0.4, 0.5) is 10.3 Å². The summed E-state index contributed by atoms with van der Waals surface area (Å²) in [6.45, 7) is 3.40. The Labute approximate surface area is 196 Å². The highest BCUT2D eigenvalue weighted by Crippen LogP contribution is 2.35. The highest BCUT2D eigenvalue weighted by atomic mass is 19.1. The van der Waals surface area contributed by atoms with E-state index in [-0.39, 0.29) is 30.9 Å². The van der Waals surface area contributed by atoms with Gasteiger partial charge in [0.1, 0.15) is 5.82 Å². The summed E-state index contributed by atoms with van der Waals surface area (Å²) in [5, 5.41) is 2.92. The van der Waals surface area contributed by atoms with Crippen molar-refractivity contribution < 1.29 is 18.7 Å². The van der Waals surface area contributed by atoms with E-state index in [0.717, 1.165) is 6.54 Å². The van der Waals surface area contributed by atoms with Gasteiger partial charge in [-0.2, -0.15) is 0 Å². The second-order valence-corrected chi connectivity index (χ2v) is 8.73. The third kappa shape index (κ3) is 5.22. The van der Waals surface area contributed by atoms with Gasteiger partial charge >= 0.3 is 0 Å². The maximum Gasteiger partial charge on any atom is 0.230 e. The number of aromatic nitrogens is 4. The SMILES string of the molecule is CN(C)CCNC(=O)C1(C)COC(c2nc(-c3ccc(F)cc3)c(-c3ccnc(N)n3)[nH]2)OC1. The first-order valence-corrected chi connectivity index (χ1v) is 10.9. The minimum atomic E-state index is -0.820. The van der Waals surface area contributed by atoms with E-state index in [1.165, 1.54) is 12.1 Å². The number of nitrogens with one attached hydrogen (secondary N) is 2. The molecular formula is C23H28FN7O3. The number of nitrogens with two attached hydrogens (primary N) is 1. The third-order valence-corrected chi connectivity index (χ3v) is 5.49. The van der Waals surface area contributed by atoms with Crippen LogP contribution in [0, 0.1) is 11.2 Å². The lowest BCUT2D eigenvalue weighted by Gasteiger charge is -2.35. The smallest absolute Gasteiger partial charge is 0.230 e. The van der Waals surface area contributed by atoms with E-state index < -0.39 is 11.7 Å². The Balaban J connectivity index is 1.55. The van der Waals surface area contributed by atoms with Crippen molar-refractivity contribution in [3.63, 3.8) is 0 Å². The van der Waals surface area contributed by atoms with Crippen LogP contribution in [0.25, 0.3) is 22.6 Å². The van der Waals surface area contributed by atoms with Crippen molar-refractivity contribution in [2.45, 2.75) is 13.2 Å². The number of ether oxygens (including phenoxy) is 2. The predicted octanol–water partition coefficient (Wildman–Crippen LogP) is 1.98. The highest BCUT2D eigenvalue weighted by molar-refractivity contribution is 5.82. The quantitative estimate of drug-likeness (QED) is 0.479. The van der Waals surface area contributed by atoms with E-state index in [2.05, 4.69) is 25.3 Å². The average Bonchev–Trinajstić information content (AvgIpc) is 3.25. The number of anilines is 1. The molecule has 0 spiro atoms. The van der Waals surface area contributed by atoms with Crippen LogP contribution in [0.3, 0.4) is 0 Å². The Kier molecular flexibility index (Phi) is 6.87. The van der Waals surface area contributed by atoms with Gasteiger partial charge in [-0.05, 0) is 51.4 Å². The Morgan fingerprint density at radius 3 is 2.59 bits per heavy atom. The number of imidazole rings is 1. The Morgan fingerprint density at radius 1 is 1.24 bits per heavy atom. The van der Waals surface area contributed by atoms with Gasteiger partial charge in [0.05, 0.1) is 35.7 Å². The molecule has 0 bridgehead atoms. The first kappa shape index (κ1) is 23.7. The molecule has 0 aliphatic carbocycles. The molecule has 3 heterocycles. The van der Waals surface area contributed by atoms with Gasteiger partial charge in [-0.3, -0.25) is 4.79 Å². The number of aromatic amines is 1. The number of benzene rings is 1. The fourth-order valence-electron chi connectivity index (χ4n) is 3.52. The molecule has 11 heteroatoms. The number of likely N-dealkylation sites (N-methyl/N-ethyl adjacent to an activating group) is 1. The average molecular weight is 470 g/mol. The molecule has 10 nitrogen and oxygen atoms in total. The number of amides is 1. The molecule has 0 radical (unpaired) electrons. The van der Waals surface area contributed by atoms with E-state index in [1.807, 2.05) is 19.0 Å². The third-order valence-electron chi connectivity index (χ3n) is 5.49. The van der Waals surface area contributed by atoms with Gasteiger partial charge in [-0.15, -0.1) is 0 Å². The summed E-state index contributed by atoms with van der Waals surface area (Å²) in [6.07, 6.45) is 0.732. The zero-order valence-corrected chi connectivity index (χ0v) is 19.3. The first-order chi connectivity index (χ1) is 16.2. The summed E-state index contributed by atoms with van der Waals surface area (Å²) in [6, 6.07) is 7.66. The minimum Gasteiger partial charge on any atom is -0.368 e. The number of nitrogens with zero attached hydrogens (tertiary/aromatic N) is 4. The molecule has 180 valence electrons. The van der Waals surface area contributed by atoms with Crippen LogP contribution in [0.1, 0.15) is 19.0 Å². The molecule has 2 aromatic heterocycles. The summed E-state index contributed by atoms with van der Waals surface area (Å²) < 4.78 is 25.3. The van der Waals surface area contributed by atoms with Crippen molar-refractivity contribution in [2.24, 2.45) is 5.41 Å². The zero-order chi connectivity index (χ0) is 24.3. The fraction of sp³-hybridized carbons (Fsp3) is 0.391. The van der Waals surface area contributed by atoms with Crippen LogP contribution < -0.4 is 11.1 Å². The number of carbonyl (C=O) groups is 1. The number of carbonyl (C=O) groups excluding carboxylic acids is 1. The molecular weight excluding hydrogens is 441 g/mol. The number of halogens is 1. The molecule has 0 saturated carbocycles. The molecule has 1 aliphatic heterocycles. The highest BCUT2D eigenvalue weighted by Gasteiger charge is 2.40. The van der Waals surface area contributed by atoms with E-state index in [1.54, 1.807) is 31.3 Å². The summed E-state index contributed by atoms with van der Waals surface area (Å²) >= 11 is 0. The van der Waals surface area contributed by atoms with Crippen molar-refractivity contribution in [3.8, 4) is 22.6 Å². The van der Waals surface area contributed by atoms with E-state index in [0.29, 0.717) is 35.0 Å². The monoisotopic (exact) mass is 469 g/mol. The van der Waals surface area contributed by atoms with Gasteiger partial charge < -0.3 is 30.4 Å². The fourth-order valence-corrected chi connectivity index (χ4v) is 3.52. The molecule has 34 heavy (non-hydrogen) atoms. The summed E-state index contributed by atoms with van der Waals surface area (Å²) in [4.78, 5) is 30.7. The predicted molar refractivity (Wildman–Crippen MR) is 124 cm³/mol. The molecule has 0 atom stereocenters. The summed E-state index contributed by atoms with van der Waals surface area (Å²) in [5.74, 6) is 0.0346. The maximum atomic E-state index is 13.5. The number of nitrogen functional groups attached to an aromatic ring is 1. The second-order valence-electron chi connectivity index (χ2n) is 8.73. The van der Waals surface area contributed by atoms with Crippen molar-refractivity contribution in [2.75, 3.05) is 46.1 Å².